The third-order valence-electron chi connectivity index (χ3n) is 3.33. The molecule has 0 spiro atoms. The van der Waals surface area contributed by atoms with Crippen LogP contribution < -0.4 is 0 Å². The molecule has 2 atom stereocenters. The van der Waals surface area contributed by atoms with Gasteiger partial charge in [0.2, 0.25) is 0 Å². The molecule has 1 aliphatic carbocycles. The van der Waals surface area contributed by atoms with Gasteiger partial charge in [0.1, 0.15) is 0 Å². The van der Waals surface area contributed by atoms with Gasteiger partial charge in [0.25, 0.3) is 0 Å². The summed E-state index contributed by atoms with van der Waals surface area (Å²) in [5, 5.41) is 0.516. The van der Waals surface area contributed by atoms with Crippen molar-refractivity contribution in [3.05, 3.63) is 0 Å². The van der Waals surface area contributed by atoms with Crippen molar-refractivity contribution in [3.63, 3.8) is 0 Å². The second kappa shape index (κ2) is 8.34. The highest BCUT2D eigenvalue weighted by Gasteiger charge is 2.27. The lowest BCUT2D eigenvalue weighted by Gasteiger charge is -2.37. The van der Waals surface area contributed by atoms with Crippen molar-refractivity contribution >= 4 is 12.6 Å². The van der Waals surface area contributed by atoms with E-state index in [2.05, 4.69) is 4.90 Å². The van der Waals surface area contributed by atoms with Crippen LogP contribution in [0.4, 0.5) is 0 Å². The zero-order chi connectivity index (χ0) is 11.8. The normalized spacial score (nSPS) is 26.2. The Kier molecular flexibility index (Phi) is 7.45. The van der Waals surface area contributed by atoms with Gasteiger partial charge in [0, 0.05) is 38.6 Å². The fourth-order valence-electron chi connectivity index (χ4n) is 2.38. The van der Waals surface area contributed by atoms with E-state index in [0.717, 1.165) is 26.3 Å². The average Bonchev–Trinajstić information content (AvgIpc) is 2.31. The molecule has 0 radical (unpaired) electrons. The van der Waals surface area contributed by atoms with Gasteiger partial charge in [0.15, 0.2) is 0 Å². The van der Waals surface area contributed by atoms with Crippen LogP contribution in [-0.4, -0.2) is 56.7 Å². The minimum atomic E-state index is 0.516. The molecule has 96 valence electrons. The van der Waals surface area contributed by atoms with Gasteiger partial charge >= 0.3 is 0 Å². The summed E-state index contributed by atoms with van der Waals surface area (Å²) in [6, 6.07) is 0.599. The summed E-state index contributed by atoms with van der Waals surface area (Å²) in [5.41, 5.74) is 0. The number of ether oxygens (including phenoxy) is 2. The average molecular weight is 247 g/mol. The highest BCUT2D eigenvalue weighted by Crippen LogP contribution is 2.26. The van der Waals surface area contributed by atoms with E-state index in [1.165, 1.54) is 25.7 Å². The summed E-state index contributed by atoms with van der Waals surface area (Å²) in [5.74, 6) is 0. The first-order chi connectivity index (χ1) is 7.79. The van der Waals surface area contributed by atoms with Crippen molar-refractivity contribution in [1.29, 1.82) is 0 Å². The van der Waals surface area contributed by atoms with Crippen molar-refractivity contribution in [2.45, 2.75) is 37.0 Å². The van der Waals surface area contributed by atoms with Crippen LogP contribution in [0.25, 0.3) is 0 Å². The van der Waals surface area contributed by atoms with Crippen LogP contribution in [0.15, 0.2) is 0 Å². The van der Waals surface area contributed by atoms with Crippen molar-refractivity contribution < 1.29 is 9.47 Å². The first-order valence-electron chi connectivity index (χ1n) is 6.19. The van der Waals surface area contributed by atoms with Crippen LogP contribution in [0.5, 0.6) is 0 Å². The number of rotatable bonds is 7. The molecule has 1 fully saturated rings. The van der Waals surface area contributed by atoms with Gasteiger partial charge in [-0.3, -0.25) is 4.90 Å². The Bertz CT molecular complexity index is 172. The summed E-state index contributed by atoms with van der Waals surface area (Å²) >= 11 is 4.72. The van der Waals surface area contributed by atoms with E-state index < -0.39 is 0 Å². The van der Waals surface area contributed by atoms with Gasteiger partial charge in [0.05, 0.1) is 13.2 Å². The molecule has 0 unspecified atom stereocenters. The lowest BCUT2D eigenvalue weighted by atomic mass is 9.93. The summed E-state index contributed by atoms with van der Waals surface area (Å²) in [6.07, 6.45) is 5.16. The number of hydrogen-bond donors (Lipinski definition) is 1. The molecule has 0 aliphatic heterocycles. The van der Waals surface area contributed by atoms with Crippen LogP contribution >= 0.6 is 12.6 Å². The Hall–Kier alpha value is 0.230. The lowest BCUT2D eigenvalue weighted by molar-refractivity contribution is 0.0765. The van der Waals surface area contributed by atoms with Gasteiger partial charge in [-0.15, -0.1) is 0 Å². The van der Waals surface area contributed by atoms with Crippen LogP contribution in [0.3, 0.4) is 0 Å². The Morgan fingerprint density at radius 2 is 1.62 bits per heavy atom. The van der Waals surface area contributed by atoms with E-state index in [-0.39, 0.29) is 0 Å². The molecule has 0 aromatic carbocycles. The van der Waals surface area contributed by atoms with Crippen LogP contribution in [-0.2, 0) is 9.47 Å². The predicted molar refractivity (Wildman–Crippen MR) is 70.4 cm³/mol. The van der Waals surface area contributed by atoms with Gasteiger partial charge in [-0.25, -0.2) is 0 Å². The molecule has 0 saturated heterocycles. The molecule has 16 heavy (non-hydrogen) atoms. The molecular weight excluding hydrogens is 222 g/mol. The minimum Gasteiger partial charge on any atom is -0.383 e. The molecule has 1 saturated carbocycles. The number of methoxy groups -OCH3 is 2. The highest BCUT2D eigenvalue weighted by atomic mass is 32.1. The molecule has 0 bridgehead atoms. The molecule has 3 nitrogen and oxygen atoms in total. The molecule has 0 aromatic heterocycles. The molecule has 0 aromatic rings. The van der Waals surface area contributed by atoms with Crippen molar-refractivity contribution in [2.24, 2.45) is 0 Å². The quantitative estimate of drug-likeness (QED) is 0.694. The van der Waals surface area contributed by atoms with Crippen molar-refractivity contribution in [1.82, 2.24) is 4.90 Å². The number of nitrogens with zero attached hydrogens (tertiary/aromatic N) is 1. The summed E-state index contributed by atoms with van der Waals surface area (Å²) in [6.45, 7) is 3.56. The summed E-state index contributed by atoms with van der Waals surface area (Å²) in [7, 11) is 3.51. The Morgan fingerprint density at radius 1 is 1.06 bits per heavy atom. The molecule has 0 heterocycles. The summed E-state index contributed by atoms with van der Waals surface area (Å²) in [4.78, 5) is 2.48. The van der Waals surface area contributed by atoms with E-state index in [9.17, 15) is 0 Å². The molecular formula is C12H25NO2S. The maximum atomic E-state index is 5.17. The second-order valence-corrected chi connectivity index (χ2v) is 5.10. The number of thiol groups is 1. The van der Waals surface area contributed by atoms with Gasteiger partial charge in [-0.1, -0.05) is 12.8 Å². The Balaban J connectivity index is 2.44. The standard InChI is InChI=1S/C12H25NO2S/c1-14-9-7-13(8-10-15-2)11-5-3-4-6-12(11)16/h11-12,16H,3-10H2,1-2H3/t11-,12-/m1/s1. The smallest absolute Gasteiger partial charge is 0.0589 e. The molecule has 1 rings (SSSR count). The number of hydrogen-bond acceptors (Lipinski definition) is 4. The third kappa shape index (κ3) is 4.62. The van der Waals surface area contributed by atoms with E-state index in [1.807, 2.05) is 0 Å². The molecule has 0 amide bonds. The minimum absolute atomic E-state index is 0.516. The summed E-state index contributed by atoms with van der Waals surface area (Å²) < 4.78 is 10.3. The van der Waals surface area contributed by atoms with Gasteiger partial charge in [-0.05, 0) is 12.8 Å². The predicted octanol–water partition coefficient (Wildman–Crippen LogP) is 1.82. The second-order valence-electron chi connectivity index (χ2n) is 4.44. The fraction of sp³-hybridized carbons (Fsp3) is 1.00. The van der Waals surface area contributed by atoms with Crippen LogP contribution in [0.2, 0.25) is 0 Å². The lowest BCUT2D eigenvalue weighted by Crippen LogP contribution is -2.46. The first-order valence-corrected chi connectivity index (χ1v) is 6.71. The Morgan fingerprint density at radius 3 is 2.12 bits per heavy atom. The first kappa shape index (κ1) is 14.3. The van der Waals surface area contributed by atoms with Gasteiger partial charge in [-0.2, -0.15) is 12.6 Å². The molecule has 4 heteroatoms. The maximum absolute atomic E-state index is 5.17. The largest absolute Gasteiger partial charge is 0.383 e. The maximum Gasteiger partial charge on any atom is 0.0589 e. The third-order valence-corrected chi connectivity index (χ3v) is 3.93. The zero-order valence-corrected chi connectivity index (χ0v) is 11.4. The van der Waals surface area contributed by atoms with E-state index in [1.54, 1.807) is 14.2 Å². The van der Waals surface area contributed by atoms with E-state index in [0.29, 0.717) is 11.3 Å². The fourth-order valence-corrected chi connectivity index (χ4v) is 2.90. The molecule has 1 aliphatic rings. The SMILES string of the molecule is COCCN(CCOC)[C@@H]1CCCC[C@H]1S. The van der Waals surface area contributed by atoms with E-state index >= 15 is 0 Å². The van der Waals surface area contributed by atoms with Crippen molar-refractivity contribution in [3.8, 4) is 0 Å². The van der Waals surface area contributed by atoms with Crippen molar-refractivity contribution in [2.75, 3.05) is 40.5 Å². The Labute approximate surface area is 105 Å². The monoisotopic (exact) mass is 247 g/mol. The molecule has 0 N–H and O–H groups in total. The topological polar surface area (TPSA) is 21.7 Å². The zero-order valence-electron chi connectivity index (χ0n) is 10.5. The highest BCUT2D eigenvalue weighted by molar-refractivity contribution is 7.81. The van der Waals surface area contributed by atoms with Crippen LogP contribution in [0, 0.1) is 0 Å². The van der Waals surface area contributed by atoms with Crippen LogP contribution in [0.1, 0.15) is 25.7 Å². The van der Waals surface area contributed by atoms with E-state index in [4.69, 9.17) is 22.1 Å². The van der Waals surface area contributed by atoms with Gasteiger partial charge < -0.3 is 9.47 Å².